The molecule has 0 amide bonds. The first kappa shape index (κ1) is 12.6. The highest BCUT2D eigenvalue weighted by Gasteiger charge is 2.05. The quantitative estimate of drug-likeness (QED) is 0.880. The minimum Gasteiger partial charge on any atom is -0.364 e. The van der Waals surface area contributed by atoms with Crippen LogP contribution in [0.15, 0.2) is 42.6 Å². The fourth-order valence-corrected chi connectivity index (χ4v) is 1.81. The molecule has 1 unspecified atom stereocenters. The third-order valence-corrected chi connectivity index (χ3v) is 2.98. The zero-order chi connectivity index (χ0) is 13.0. The summed E-state index contributed by atoms with van der Waals surface area (Å²) >= 11 is 0. The molecule has 2 aromatic rings. The molecule has 0 aliphatic carbocycles. The van der Waals surface area contributed by atoms with Crippen molar-refractivity contribution in [3.8, 4) is 0 Å². The zero-order valence-corrected chi connectivity index (χ0v) is 10.7. The molecule has 0 spiro atoms. The van der Waals surface area contributed by atoms with Gasteiger partial charge in [0, 0.05) is 6.04 Å². The molecule has 2 rings (SSSR count). The summed E-state index contributed by atoms with van der Waals surface area (Å²) in [5, 5.41) is 3.25. The minimum atomic E-state index is -0.319. The van der Waals surface area contributed by atoms with Crippen LogP contribution in [0.3, 0.4) is 0 Å². The molecule has 0 aliphatic heterocycles. The van der Waals surface area contributed by atoms with E-state index in [-0.39, 0.29) is 11.9 Å². The van der Waals surface area contributed by atoms with Gasteiger partial charge in [-0.15, -0.1) is 0 Å². The Balaban J connectivity index is 2.06. The second-order valence-corrected chi connectivity index (χ2v) is 4.32. The van der Waals surface area contributed by atoms with Crippen molar-refractivity contribution in [1.82, 2.24) is 4.98 Å². The highest BCUT2D eigenvalue weighted by Crippen LogP contribution is 2.18. The molecular weight excluding hydrogens is 227 g/mol. The molecule has 94 valence electrons. The molecule has 1 aromatic heterocycles. The summed E-state index contributed by atoms with van der Waals surface area (Å²) in [5.41, 5.74) is 2.52. The summed E-state index contributed by atoms with van der Waals surface area (Å²) in [4.78, 5) is 3.99. The molecule has 0 bridgehead atoms. The van der Waals surface area contributed by atoms with Crippen molar-refractivity contribution in [2.24, 2.45) is 0 Å². The van der Waals surface area contributed by atoms with Crippen molar-refractivity contribution in [2.75, 3.05) is 5.32 Å². The topological polar surface area (TPSA) is 24.9 Å². The number of halogens is 1. The summed E-state index contributed by atoms with van der Waals surface area (Å²) in [5.74, 6) is 0.365. The number of aromatic nitrogens is 1. The average molecular weight is 244 g/mol. The Morgan fingerprint density at radius 2 is 1.89 bits per heavy atom. The molecular formula is C15H17FN2. The van der Waals surface area contributed by atoms with Gasteiger partial charge < -0.3 is 5.32 Å². The second kappa shape index (κ2) is 5.63. The Hall–Kier alpha value is -1.90. The van der Waals surface area contributed by atoms with Gasteiger partial charge in [-0.25, -0.2) is 9.37 Å². The molecule has 18 heavy (non-hydrogen) atoms. The lowest BCUT2D eigenvalue weighted by Crippen LogP contribution is -2.07. The number of aryl methyl sites for hydroxylation is 1. The SMILES string of the molecule is CCc1ccc(C(C)Nc2ccc(F)cn2)cc1. The van der Waals surface area contributed by atoms with Gasteiger partial charge in [0.25, 0.3) is 0 Å². The van der Waals surface area contributed by atoms with E-state index in [1.165, 1.54) is 23.4 Å². The highest BCUT2D eigenvalue weighted by molar-refractivity contribution is 5.38. The van der Waals surface area contributed by atoms with E-state index >= 15 is 0 Å². The number of hydrogen-bond donors (Lipinski definition) is 1. The summed E-state index contributed by atoms with van der Waals surface area (Å²) in [7, 11) is 0. The lowest BCUT2D eigenvalue weighted by molar-refractivity contribution is 0.621. The standard InChI is InChI=1S/C15H17FN2/c1-3-12-4-6-13(7-5-12)11(2)18-15-9-8-14(16)10-17-15/h4-11H,3H2,1-2H3,(H,17,18). The lowest BCUT2D eigenvalue weighted by atomic mass is 10.1. The molecule has 1 aromatic carbocycles. The van der Waals surface area contributed by atoms with Crippen LogP contribution >= 0.6 is 0 Å². The maximum Gasteiger partial charge on any atom is 0.141 e. The molecule has 2 nitrogen and oxygen atoms in total. The predicted octanol–water partition coefficient (Wildman–Crippen LogP) is 3.96. The van der Waals surface area contributed by atoms with E-state index in [1.807, 2.05) is 0 Å². The first-order chi connectivity index (χ1) is 8.69. The van der Waals surface area contributed by atoms with Gasteiger partial charge in [-0.3, -0.25) is 0 Å². The second-order valence-electron chi connectivity index (χ2n) is 4.32. The molecule has 0 radical (unpaired) electrons. The van der Waals surface area contributed by atoms with Crippen LogP contribution in [-0.2, 0) is 6.42 Å². The van der Waals surface area contributed by atoms with E-state index in [0.29, 0.717) is 5.82 Å². The Bertz CT molecular complexity index is 491. The summed E-state index contributed by atoms with van der Waals surface area (Å²) in [6, 6.07) is 11.7. The molecule has 1 N–H and O–H groups in total. The van der Waals surface area contributed by atoms with Crippen molar-refractivity contribution < 1.29 is 4.39 Å². The van der Waals surface area contributed by atoms with E-state index in [1.54, 1.807) is 6.07 Å². The van der Waals surface area contributed by atoms with Crippen LogP contribution in [-0.4, -0.2) is 4.98 Å². The first-order valence-electron chi connectivity index (χ1n) is 6.16. The molecule has 0 aliphatic rings. The van der Waals surface area contributed by atoms with E-state index in [4.69, 9.17) is 0 Å². The molecule has 0 fully saturated rings. The van der Waals surface area contributed by atoms with E-state index < -0.39 is 0 Å². The van der Waals surface area contributed by atoms with E-state index in [9.17, 15) is 4.39 Å². The van der Waals surface area contributed by atoms with Gasteiger partial charge >= 0.3 is 0 Å². The minimum absolute atomic E-state index is 0.147. The number of hydrogen-bond acceptors (Lipinski definition) is 2. The van der Waals surface area contributed by atoms with Gasteiger partial charge in [0.05, 0.1) is 6.20 Å². The third-order valence-electron chi connectivity index (χ3n) is 2.98. The zero-order valence-electron chi connectivity index (χ0n) is 10.7. The Kier molecular flexibility index (Phi) is 3.92. The van der Waals surface area contributed by atoms with Crippen LogP contribution in [0, 0.1) is 5.82 Å². The monoisotopic (exact) mass is 244 g/mol. The summed E-state index contributed by atoms with van der Waals surface area (Å²) < 4.78 is 12.7. The van der Waals surface area contributed by atoms with Crippen LogP contribution in [0.5, 0.6) is 0 Å². The van der Waals surface area contributed by atoms with Gasteiger partial charge in [0.2, 0.25) is 0 Å². The van der Waals surface area contributed by atoms with Crippen LogP contribution in [0.1, 0.15) is 31.0 Å². The van der Waals surface area contributed by atoms with E-state index in [0.717, 1.165) is 6.42 Å². The van der Waals surface area contributed by atoms with E-state index in [2.05, 4.69) is 48.4 Å². The van der Waals surface area contributed by atoms with Crippen molar-refractivity contribution in [2.45, 2.75) is 26.3 Å². The maximum atomic E-state index is 12.7. The Morgan fingerprint density at radius 3 is 2.44 bits per heavy atom. The van der Waals surface area contributed by atoms with Gasteiger partial charge in [-0.1, -0.05) is 31.2 Å². The average Bonchev–Trinajstić information content (AvgIpc) is 2.41. The van der Waals surface area contributed by atoms with Crippen molar-refractivity contribution in [3.05, 3.63) is 59.5 Å². The normalized spacial score (nSPS) is 12.2. The fraction of sp³-hybridized carbons (Fsp3) is 0.267. The van der Waals surface area contributed by atoms with Crippen LogP contribution in [0.2, 0.25) is 0 Å². The fourth-order valence-electron chi connectivity index (χ4n) is 1.81. The summed E-state index contributed by atoms with van der Waals surface area (Å²) in [6.45, 7) is 4.20. The molecule has 1 heterocycles. The third kappa shape index (κ3) is 3.06. The van der Waals surface area contributed by atoms with Crippen LogP contribution in [0.4, 0.5) is 10.2 Å². The first-order valence-corrected chi connectivity index (χ1v) is 6.16. The molecule has 1 atom stereocenters. The smallest absolute Gasteiger partial charge is 0.141 e. The van der Waals surface area contributed by atoms with Gasteiger partial charge in [-0.05, 0) is 36.6 Å². The summed E-state index contributed by atoms with van der Waals surface area (Å²) in [6.07, 6.45) is 2.26. The van der Waals surface area contributed by atoms with Gasteiger partial charge in [0.1, 0.15) is 11.6 Å². The van der Waals surface area contributed by atoms with Crippen LogP contribution < -0.4 is 5.32 Å². The van der Waals surface area contributed by atoms with Crippen molar-refractivity contribution in [1.29, 1.82) is 0 Å². The largest absolute Gasteiger partial charge is 0.364 e. The predicted molar refractivity (Wildman–Crippen MR) is 72.1 cm³/mol. The highest BCUT2D eigenvalue weighted by atomic mass is 19.1. The number of rotatable bonds is 4. The molecule has 0 saturated heterocycles. The van der Waals surface area contributed by atoms with Crippen LogP contribution in [0.25, 0.3) is 0 Å². The Morgan fingerprint density at radius 1 is 1.17 bits per heavy atom. The Labute approximate surface area is 107 Å². The number of nitrogens with one attached hydrogen (secondary N) is 1. The van der Waals surface area contributed by atoms with Gasteiger partial charge in [-0.2, -0.15) is 0 Å². The lowest BCUT2D eigenvalue weighted by Gasteiger charge is -2.15. The number of benzene rings is 1. The number of nitrogens with zero attached hydrogens (tertiary/aromatic N) is 1. The molecule has 3 heteroatoms. The van der Waals surface area contributed by atoms with Crippen molar-refractivity contribution >= 4 is 5.82 Å². The van der Waals surface area contributed by atoms with Crippen molar-refractivity contribution in [3.63, 3.8) is 0 Å². The number of anilines is 1. The molecule has 0 saturated carbocycles. The van der Waals surface area contributed by atoms with Gasteiger partial charge in [0.15, 0.2) is 0 Å². The number of pyridine rings is 1. The maximum absolute atomic E-state index is 12.7.